The fourth-order valence-corrected chi connectivity index (χ4v) is 4.76. The Balaban J connectivity index is 1.73. The first-order chi connectivity index (χ1) is 14.5. The lowest BCUT2D eigenvalue weighted by molar-refractivity contribution is 0.159. The summed E-state index contributed by atoms with van der Waals surface area (Å²) in [5.74, 6) is 6.69. The van der Waals surface area contributed by atoms with Crippen molar-refractivity contribution in [2.24, 2.45) is 5.92 Å². The summed E-state index contributed by atoms with van der Waals surface area (Å²) in [6, 6.07) is 16.1. The Hall–Kier alpha value is -2.97. The van der Waals surface area contributed by atoms with Crippen molar-refractivity contribution < 1.29 is 9.90 Å². The first-order valence-corrected chi connectivity index (χ1v) is 10.6. The predicted octanol–water partition coefficient (Wildman–Crippen LogP) is 3.38. The van der Waals surface area contributed by atoms with Gasteiger partial charge in [0, 0.05) is 42.4 Å². The van der Waals surface area contributed by atoms with Crippen LogP contribution in [0.3, 0.4) is 0 Å². The molecule has 0 bridgehead atoms. The molecule has 2 amide bonds. The first kappa shape index (κ1) is 20.3. The second-order valence-electron chi connectivity index (χ2n) is 8.45. The van der Waals surface area contributed by atoms with Crippen molar-refractivity contribution in [3.05, 3.63) is 65.2 Å². The monoisotopic (exact) mass is 403 g/mol. The van der Waals surface area contributed by atoms with Crippen molar-refractivity contribution in [1.29, 1.82) is 0 Å². The number of benzene rings is 2. The number of aliphatic hydroxyl groups excluding tert-OH is 1. The third-order valence-corrected chi connectivity index (χ3v) is 6.15. The molecule has 2 heterocycles. The van der Waals surface area contributed by atoms with Gasteiger partial charge in [-0.2, -0.15) is 0 Å². The minimum Gasteiger partial charge on any atom is -0.394 e. The quantitative estimate of drug-likeness (QED) is 0.756. The van der Waals surface area contributed by atoms with Crippen LogP contribution in [0.4, 0.5) is 10.5 Å². The predicted molar refractivity (Wildman–Crippen MR) is 119 cm³/mol. The number of hydrogen-bond acceptors (Lipinski definition) is 3. The molecule has 2 aromatic rings. The van der Waals surface area contributed by atoms with Crippen LogP contribution < -0.4 is 10.2 Å². The van der Waals surface area contributed by atoms with E-state index in [4.69, 9.17) is 0 Å². The number of likely N-dealkylation sites (tertiary alicyclic amines) is 1. The van der Waals surface area contributed by atoms with Gasteiger partial charge in [-0.05, 0) is 56.2 Å². The van der Waals surface area contributed by atoms with E-state index in [9.17, 15) is 9.90 Å². The van der Waals surface area contributed by atoms with Crippen molar-refractivity contribution in [1.82, 2.24) is 10.2 Å². The van der Waals surface area contributed by atoms with Gasteiger partial charge in [-0.25, -0.2) is 4.79 Å². The third-order valence-electron chi connectivity index (χ3n) is 6.15. The molecular weight excluding hydrogens is 374 g/mol. The fraction of sp³-hybridized carbons (Fsp3) is 0.400. The van der Waals surface area contributed by atoms with Gasteiger partial charge in [0.15, 0.2) is 0 Å². The van der Waals surface area contributed by atoms with E-state index in [0.717, 1.165) is 28.8 Å². The second kappa shape index (κ2) is 8.41. The average molecular weight is 404 g/mol. The number of nitrogens with one attached hydrogen (secondary N) is 1. The van der Waals surface area contributed by atoms with Gasteiger partial charge >= 0.3 is 6.03 Å². The van der Waals surface area contributed by atoms with Gasteiger partial charge in [0.1, 0.15) is 0 Å². The highest BCUT2D eigenvalue weighted by molar-refractivity contribution is 5.76. The topological polar surface area (TPSA) is 55.8 Å². The standard InChI is InChI=1S/C25H29N3O2/c1-17(2)26-25(30)28-14-13-20-23(16-29)27(3)22-12-11-19(15-21(22)24(20)28)10-9-18-7-5-4-6-8-18/h4-8,11-12,15,17,20,23-24,29H,13-14,16H2,1-3H3,(H,26,30)/t20-,23+,24-/m0/s1. The lowest BCUT2D eigenvalue weighted by Crippen LogP contribution is -2.50. The molecule has 0 unspecified atom stereocenters. The Labute approximate surface area is 178 Å². The van der Waals surface area contributed by atoms with Crippen LogP contribution in [0, 0.1) is 17.8 Å². The number of carbonyl (C=O) groups excluding carboxylic acids is 1. The second-order valence-corrected chi connectivity index (χ2v) is 8.45. The SMILES string of the molecule is CC(C)NC(=O)N1CC[C@@H]2[C@H]1c1cc(C#Cc3ccccc3)ccc1N(C)[C@@H]2CO. The maximum atomic E-state index is 12.9. The molecule has 2 aromatic carbocycles. The molecular formula is C25H29N3O2. The molecule has 0 radical (unpaired) electrons. The number of aliphatic hydroxyl groups is 1. The summed E-state index contributed by atoms with van der Waals surface area (Å²) >= 11 is 0. The average Bonchev–Trinajstić information content (AvgIpc) is 3.18. The highest BCUT2D eigenvalue weighted by Gasteiger charge is 2.47. The van der Waals surface area contributed by atoms with E-state index in [1.54, 1.807) is 0 Å². The van der Waals surface area contributed by atoms with Gasteiger partial charge < -0.3 is 20.2 Å². The number of hydrogen-bond donors (Lipinski definition) is 2. The summed E-state index contributed by atoms with van der Waals surface area (Å²) in [6.45, 7) is 4.72. The number of nitrogens with zero attached hydrogens (tertiary/aromatic N) is 2. The number of carbonyl (C=O) groups is 1. The van der Waals surface area contributed by atoms with Crippen molar-refractivity contribution in [2.75, 3.05) is 25.1 Å². The summed E-state index contributed by atoms with van der Waals surface area (Å²) in [4.78, 5) is 17.0. The zero-order chi connectivity index (χ0) is 21.3. The first-order valence-electron chi connectivity index (χ1n) is 10.6. The van der Waals surface area contributed by atoms with E-state index in [2.05, 4.69) is 34.2 Å². The maximum absolute atomic E-state index is 12.9. The third kappa shape index (κ3) is 3.76. The van der Waals surface area contributed by atoms with Crippen LogP contribution in [0.25, 0.3) is 0 Å². The van der Waals surface area contributed by atoms with Crippen LogP contribution in [0.5, 0.6) is 0 Å². The fourth-order valence-electron chi connectivity index (χ4n) is 4.76. The van der Waals surface area contributed by atoms with Gasteiger partial charge in [0.05, 0.1) is 18.7 Å². The molecule has 0 spiro atoms. The van der Waals surface area contributed by atoms with E-state index in [1.807, 2.05) is 62.2 Å². The van der Waals surface area contributed by atoms with E-state index in [1.165, 1.54) is 0 Å². The number of likely N-dealkylation sites (N-methyl/N-ethyl adjacent to an activating group) is 1. The van der Waals surface area contributed by atoms with E-state index in [-0.39, 0.29) is 36.7 Å². The Morgan fingerprint density at radius 3 is 2.60 bits per heavy atom. The molecule has 0 saturated carbocycles. The lowest BCUT2D eigenvalue weighted by atomic mass is 9.81. The number of rotatable bonds is 2. The summed E-state index contributed by atoms with van der Waals surface area (Å²) in [5, 5.41) is 13.1. The van der Waals surface area contributed by atoms with Crippen molar-refractivity contribution in [3.8, 4) is 11.8 Å². The molecule has 5 nitrogen and oxygen atoms in total. The number of fused-ring (bicyclic) bond motifs is 3. The molecule has 1 fully saturated rings. The largest absolute Gasteiger partial charge is 0.394 e. The minimum atomic E-state index is -0.0504. The molecule has 2 aliphatic heterocycles. The zero-order valence-corrected chi connectivity index (χ0v) is 17.8. The smallest absolute Gasteiger partial charge is 0.318 e. The Morgan fingerprint density at radius 1 is 1.17 bits per heavy atom. The Kier molecular flexibility index (Phi) is 5.69. The molecule has 156 valence electrons. The van der Waals surface area contributed by atoms with Gasteiger partial charge in [-0.3, -0.25) is 0 Å². The van der Waals surface area contributed by atoms with E-state index in [0.29, 0.717) is 6.54 Å². The Bertz CT molecular complexity index is 977. The lowest BCUT2D eigenvalue weighted by Gasteiger charge is -2.44. The minimum absolute atomic E-state index is 0.000558. The molecule has 5 heteroatoms. The van der Waals surface area contributed by atoms with Gasteiger partial charge in [-0.1, -0.05) is 30.0 Å². The maximum Gasteiger partial charge on any atom is 0.318 e. The van der Waals surface area contributed by atoms with Crippen LogP contribution >= 0.6 is 0 Å². The molecule has 2 N–H and O–H groups in total. The van der Waals surface area contributed by atoms with Crippen LogP contribution in [-0.4, -0.2) is 48.3 Å². The highest BCUT2D eigenvalue weighted by atomic mass is 16.3. The van der Waals surface area contributed by atoms with Crippen molar-refractivity contribution in [3.63, 3.8) is 0 Å². The van der Waals surface area contributed by atoms with Gasteiger partial charge in [0.25, 0.3) is 0 Å². The van der Waals surface area contributed by atoms with E-state index < -0.39 is 0 Å². The highest BCUT2D eigenvalue weighted by Crippen LogP contribution is 2.48. The van der Waals surface area contributed by atoms with Crippen molar-refractivity contribution in [2.45, 2.75) is 38.4 Å². The Morgan fingerprint density at radius 2 is 1.90 bits per heavy atom. The van der Waals surface area contributed by atoms with E-state index >= 15 is 0 Å². The number of amides is 2. The van der Waals surface area contributed by atoms with Crippen LogP contribution in [0.15, 0.2) is 48.5 Å². The van der Waals surface area contributed by atoms with Gasteiger partial charge in [0.2, 0.25) is 0 Å². The summed E-state index contributed by atoms with van der Waals surface area (Å²) in [7, 11) is 2.03. The molecule has 0 aromatic heterocycles. The normalized spacial score (nSPS) is 22.2. The van der Waals surface area contributed by atoms with Crippen molar-refractivity contribution >= 4 is 11.7 Å². The summed E-state index contributed by atoms with van der Waals surface area (Å²) in [6.07, 6.45) is 0.880. The molecule has 3 atom stereocenters. The molecule has 1 saturated heterocycles. The molecule has 2 aliphatic rings. The van der Waals surface area contributed by atoms with Crippen LogP contribution in [-0.2, 0) is 0 Å². The van der Waals surface area contributed by atoms with Crippen LogP contribution in [0.2, 0.25) is 0 Å². The molecule has 0 aliphatic carbocycles. The zero-order valence-electron chi connectivity index (χ0n) is 17.8. The summed E-state index contributed by atoms with van der Waals surface area (Å²) < 4.78 is 0. The number of anilines is 1. The summed E-state index contributed by atoms with van der Waals surface area (Å²) in [5.41, 5.74) is 4.08. The molecule has 30 heavy (non-hydrogen) atoms. The number of urea groups is 1. The van der Waals surface area contributed by atoms with Crippen LogP contribution in [0.1, 0.15) is 43.0 Å². The molecule has 4 rings (SSSR count). The van der Waals surface area contributed by atoms with Gasteiger partial charge in [-0.15, -0.1) is 0 Å².